The highest BCUT2D eigenvalue weighted by Crippen LogP contribution is 2.26. The zero-order valence-electron chi connectivity index (χ0n) is 14.6. The summed E-state index contributed by atoms with van der Waals surface area (Å²) in [4.78, 5) is 16.9. The van der Waals surface area contributed by atoms with E-state index >= 15 is 0 Å². The van der Waals surface area contributed by atoms with Crippen LogP contribution in [-0.2, 0) is 10.0 Å². The van der Waals surface area contributed by atoms with Crippen molar-refractivity contribution in [2.45, 2.75) is 23.8 Å². The number of rotatable bonds is 6. The Bertz CT molecular complexity index is 1140. The molecule has 1 heterocycles. The lowest BCUT2D eigenvalue weighted by atomic mass is 10.2. The number of halogens is 1. The van der Waals surface area contributed by atoms with Crippen molar-refractivity contribution >= 4 is 32.4 Å². The molecule has 1 aliphatic carbocycles. The minimum Gasteiger partial charge on any atom is -0.298 e. The summed E-state index contributed by atoms with van der Waals surface area (Å²) in [5.74, 6) is -0.836. The van der Waals surface area contributed by atoms with Crippen LogP contribution < -0.4 is 10.0 Å². The minimum atomic E-state index is -3.64. The highest BCUT2D eigenvalue weighted by Gasteiger charge is 2.28. The number of anilines is 1. The number of nitrogens with one attached hydrogen (secondary N) is 2. The summed E-state index contributed by atoms with van der Waals surface area (Å²) in [5, 5.41) is 4.71. The summed E-state index contributed by atoms with van der Waals surface area (Å²) >= 11 is 1.20. The van der Waals surface area contributed by atoms with Crippen LogP contribution in [0.25, 0.3) is 11.3 Å². The van der Waals surface area contributed by atoms with Crippen LogP contribution in [0.3, 0.4) is 0 Å². The molecule has 0 unspecified atom stereocenters. The fourth-order valence-corrected chi connectivity index (χ4v) is 4.64. The lowest BCUT2D eigenvalue weighted by Crippen LogP contribution is -2.26. The number of sulfonamides is 1. The summed E-state index contributed by atoms with van der Waals surface area (Å²) in [6.45, 7) is 0. The summed E-state index contributed by atoms with van der Waals surface area (Å²) in [5.41, 5.74) is 1.36. The Morgan fingerprint density at radius 3 is 2.68 bits per heavy atom. The van der Waals surface area contributed by atoms with Gasteiger partial charge in [0.2, 0.25) is 10.0 Å². The van der Waals surface area contributed by atoms with Gasteiger partial charge in [0.05, 0.1) is 10.6 Å². The van der Waals surface area contributed by atoms with E-state index in [1.165, 1.54) is 47.7 Å². The Balaban J connectivity index is 1.50. The van der Waals surface area contributed by atoms with Crippen molar-refractivity contribution in [1.82, 2.24) is 9.71 Å². The van der Waals surface area contributed by atoms with Gasteiger partial charge < -0.3 is 0 Å². The molecule has 28 heavy (non-hydrogen) atoms. The number of carbonyl (C=O) groups excluding carboxylic acids is 1. The molecule has 1 saturated carbocycles. The summed E-state index contributed by atoms with van der Waals surface area (Å²) in [7, 11) is -3.64. The predicted molar refractivity (Wildman–Crippen MR) is 105 cm³/mol. The standard InChI is InChI=1S/C19H16FN3O3S2/c20-14-5-1-3-12(9-14)17-11-27-19(21-17)22-18(24)13-4-2-6-16(10-13)28(25,26)23-15-7-8-15/h1-6,9-11,15,23H,7-8H2,(H,21,22,24). The highest BCUT2D eigenvalue weighted by atomic mass is 32.2. The van der Waals surface area contributed by atoms with Crippen molar-refractivity contribution in [3.8, 4) is 11.3 Å². The van der Waals surface area contributed by atoms with Crippen LogP contribution in [0.15, 0.2) is 58.8 Å². The minimum absolute atomic E-state index is 0.0148. The quantitative estimate of drug-likeness (QED) is 0.641. The molecule has 0 aliphatic heterocycles. The van der Waals surface area contributed by atoms with E-state index in [1.807, 2.05) is 0 Å². The molecule has 0 spiro atoms. The number of nitrogens with zero attached hydrogens (tertiary/aromatic N) is 1. The number of thiazole rings is 1. The Kier molecular flexibility index (Phi) is 4.96. The van der Waals surface area contributed by atoms with Crippen LogP contribution in [0.1, 0.15) is 23.2 Å². The van der Waals surface area contributed by atoms with Crippen molar-refractivity contribution in [1.29, 1.82) is 0 Å². The molecule has 0 saturated heterocycles. The molecule has 9 heteroatoms. The van der Waals surface area contributed by atoms with Gasteiger partial charge in [-0.2, -0.15) is 0 Å². The van der Waals surface area contributed by atoms with Crippen LogP contribution >= 0.6 is 11.3 Å². The molecular formula is C19H16FN3O3S2. The first-order valence-electron chi connectivity index (χ1n) is 8.56. The van der Waals surface area contributed by atoms with Gasteiger partial charge in [0.15, 0.2) is 5.13 Å². The van der Waals surface area contributed by atoms with Gasteiger partial charge in [-0.15, -0.1) is 11.3 Å². The maximum absolute atomic E-state index is 13.4. The van der Waals surface area contributed by atoms with Gasteiger partial charge in [0.25, 0.3) is 5.91 Å². The maximum atomic E-state index is 13.4. The van der Waals surface area contributed by atoms with Crippen molar-refractivity contribution < 1.29 is 17.6 Å². The molecule has 1 aliphatic rings. The lowest BCUT2D eigenvalue weighted by Gasteiger charge is -2.07. The second-order valence-electron chi connectivity index (χ2n) is 6.43. The van der Waals surface area contributed by atoms with Gasteiger partial charge >= 0.3 is 0 Å². The van der Waals surface area contributed by atoms with Crippen LogP contribution in [0, 0.1) is 5.82 Å². The number of hydrogen-bond acceptors (Lipinski definition) is 5. The Hall–Kier alpha value is -2.62. The van der Waals surface area contributed by atoms with E-state index in [0.717, 1.165) is 12.8 Å². The van der Waals surface area contributed by atoms with Gasteiger partial charge in [-0.3, -0.25) is 10.1 Å². The molecule has 0 bridgehead atoms. The van der Waals surface area contributed by atoms with Crippen LogP contribution in [0.5, 0.6) is 0 Å². The van der Waals surface area contributed by atoms with Crippen molar-refractivity contribution in [3.05, 3.63) is 65.3 Å². The normalized spacial score (nSPS) is 14.0. The smallest absolute Gasteiger partial charge is 0.257 e. The zero-order chi connectivity index (χ0) is 19.7. The SMILES string of the molecule is O=C(Nc1nc(-c2cccc(F)c2)cs1)c1cccc(S(=O)(=O)NC2CC2)c1. The molecule has 144 valence electrons. The van der Waals surface area contributed by atoms with Gasteiger partial charge in [-0.1, -0.05) is 18.2 Å². The van der Waals surface area contributed by atoms with E-state index in [9.17, 15) is 17.6 Å². The first-order chi connectivity index (χ1) is 13.4. The topological polar surface area (TPSA) is 88.2 Å². The third-order valence-electron chi connectivity index (χ3n) is 4.15. The Morgan fingerprint density at radius 2 is 1.93 bits per heavy atom. The number of carbonyl (C=O) groups is 1. The first-order valence-corrected chi connectivity index (χ1v) is 10.9. The largest absolute Gasteiger partial charge is 0.298 e. The molecule has 2 N–H and O–H groups in total. The van der Waals surface area contributed by atoms with E-state index in [2.05, 4.69) is 15.0 Å². The number of hydrogen-bond donors (Lipinski definition) is 2. The molecule has 1 fully saturated rings. The van der Waals surface area contributed by atoms with Gasteiger partial charge in [0.1, 0.15) is 5.82 Å². The van der Waals surface area contributed by atoms with Crippen molar-refractivity contribution in [3.63, 3.8) is 0 Å². The molecule has 3 aromatic rings. The van der Waals surface area contributed by atoms with Crippen molar-refractivity contribution in [2.75, 3.05) is 5.32 Å². The Labute approximate surface area is 165 Å². The van der Waals surface area contributed by atoms with Crippen molar-refractivity contribution in [2.24, 2.45) is 0 Å². The monoisotopic (exact) mass is 417 g/mol. The number of benzene rings is 2. The molecular weight excluding hydrogens is 401 g/mol. The van der Waals surface area contributed by atoms with Crippen LogP contribution in [0.2, 0.25) is 0 Å². The van der Waals surface area contributed by atoms with E-state index in [-0.39, 0.29) is 22.3 Å². The molecule has 2 aromatic carbocycles. The second kappa shape index (κ2) is 7.42. The van der Waals surface area contributed by atoms with E-state index in [0.29, 0.717) is 16.4 Å². The maximum Gasteiger partial charge on any atom is 0.257 e. The molecule has 0 atom stereocenters. The molecule has 1 aromatic heterocycles. The average Bonchev–Trinajstić information content (AvgIpc) is 3.35. The number of amides is 1. The van der Waals surface area contributed by atoms with Crippen LogP contribution in [0.4, 0.5) is 9.52 Å². The summed E-state index contributed by atoms with van der Waals surface area (Å²) in [6, 6.07) is 11.9. The fraction of sp³-hybridized carbons (Fsp3) is 0.158. The third-order valence-corrected chi connectivity index (χ3v) is 6.43. The zero-order valence-corrected chi connectivity index (χ0v) is 16.2. The third kappa shape index (κ3) is 4.27. The van der Waals surface area contributed by atoms with Gasteiger partial charge in [-0.25, -0.2) is 22.5 Å². The summed E-state index contributed by atoms with van der Waals surface area (Å²) in [6.07, 6.45) is 1.66. The molecule has 0 radical (unpaired) electrons. The van der Waals surface area contributed by atoms with Crippen LogP contribution in [-0.4, -0.2) is 25.4 Å². The summed E-state index contributed by atoms with van der Waals surface area (Å²) < 4.78 is 40.6. The number of aromatic nitrogens is 1. The first kappa shape index (κ1) is 18.7. The predicted octanol–water partition coefficient (Wildman–Crippen LogP) is 3.64. The van der Waals surface area contributed by atoms with Gasteiger partial charge in [0, 0.05) is 22.5 Å². The highest BCUT2D eigenvalue weighted by molar-refractivity contribution is 7.89. The Morgan fingerprint density at radius 1 is 1.14 bits per heavy atom. The van der Waals surface area contributed by atoms with E-state index in [1.54, 1.807) is 17.5 Å². The van der Waals surface area contributed by atoms with Gasteiger partial charge in [-0.05, 0) is 43.2 Å². The lowest BCUT2D eigenvalue weighted by molar-refractivity contribution is 0.102. The second-order valence-corrected chi connectivity index (χ2v) is 9.00. The van der Waals surface area contributed by atoms with E-state index in [4.69, 9.17) is 0 Å². The fourth-order valence-electron chi connectivity index (χ4n) is 2.57. The average molecular weight is 417 g/mol. The molecule has 4 rings (SSSR count). The van der Waals surface area contributed by atoms with E-state index < -0.39 is 15.9 Å². The molecule has 1 amide bonds. The molecule has 6 nitrogen and oxygen atoms in total.